The van der Waals surface area contributed by atoms with E-state index in [2.05, 4.69) is 6.92 Å². The van der Waals surface area contributed by atoms with Gasteiger partial charge in [-0.05, 0) is 43.7 Å². The third-order valence-electron chi connectivity index (χ3n) is 5.11. The van der Waals surface area contributed by atoms with Crippen LogP contribution in [0.4, 0.5) is 0 Å². The van der Waals surface area contributed by atoms with Crippen LogP contribution in [0, 0.1) is 5.92 Å². The van der Waals surface area contributed by atoms with Crippen molar-refractivity contribution in [1.82, 2.24) is 13.8 Å². The van der Waals surface area contributed by atoms with E-state index in [4.69, 9.17) is 0 Å². The largest absolute Gasteiger partial charge is 0.341 e. The SMILES string of the molecule is CC1CCN(C(=O)Cn2cccc(S(=O)(=O)N3CCCC3)c2=O)CC1. The number of carbonyl (C=O) groups is 1. The Morgan fingerprint density at radius 3 is 2.44 bits per heavy atom. The molecule has 0 saturated carbocycles. The zero-order valence-electron chi connectivity index (χ0n) is 14.6. The molecule has 25 heavy (non-hydrogen) atoms. The highest BCUT2D eigenvalue weighted by atomic mass is 32.2. The van der Waals surface area contributed by atoms with E-state index in [1.165, 1.54) is 27.2 Å². The first-order chi connectivity index (χ1) is 11.9. The first-order valence-electron chi connectivity index (χ1n) is 8.87. The summed E-state index contributed by atoms with van der Waals surface area (Å²) in [5.74, 6) is 0.477. The van der Waals surface area contributed by atoms with E-state index in [0.717, 1.165) is 25.7 Å². The summed E-state index contributed by atoms with van der Waals surface area (Å²) in [5, 5.41) is 0. The van der Waals surface area contributed by atoms with Gasteiger partial charge in [-0.2, -0.15) is 4.31 Å². The fourth-order valence-electron chi connectivity index (χ4n) is 3.41. The van der Waals surface area contributed by atoms with Crippen LogP contribution < -0.4 is 5.56 Å². The molecular formula is C17H25N3O4S. The summed E-state index contributed by atoms with van der Waals surface area (Å²) in [6, 6.07) is 2.86. The van der Waals surface area contributed by atoms with Gasteiger partial charge in [-0.3, -0.25) is 9.59 Å². The number of aromatic nitrogens is 1. The standard InChI is InChI=1S/C17H25N3O4S/c1-14-6-11-18(12-7-14)16(21)13-19-8-4-5-15(17(19)22)25(23,24)20-9-2-3-10-20/h4-5,8,14H,2-3,6-7,9-13H2,1H3. The van der Waals surface area contributed by atoms with Gasteiger partial charge in [0.05, 0.1) is 0 Å². The molecule has 1 amide bonds. The Hall–Kier alpha value is -1.67. The summed E-state index contributed by atoms with van der Waals surface area (Å²) >= 11 is 0. The van der Waals surface area contributed by atoms with Crippen LogP contribution >= 0.6 is 0 Å². The molecule has 1 aromatic heterocycles. The summed E-state index contributed by atoms with van der Waals surface area (Å²) in [7, 11) is -3.78. The highest BCUT2D eigenvalue weighted by Crippen LogP contribution is 2.18. The minimum Gasteiger partial charge on any atom is -0.341 e. The second-order valence-corrected chi connectivity index (χ2v) is 8.89. The summed E-state index contributed by atoms with van der Waals surface area (Å²) in [6.45, 7) is 4.33. The van der Waals surface area contributed by atoms with Crippen molar-refractivity contribution in [2.45, 2.75) is 44.0 Å². The fraction of sp³-hybridized carbons (Fsp3) is 0.647. The van der Waals surface area contributed by atoms with E-state index in [1.807, 2.05) is 0 Å². The lowest BCUT2D eigenvalue weighted by Gasteiger charge is -2.30. The van der Waals surface area contributed by atoms with Gasteiger partial charge in [-0.1, -0.05) is 6.92 Å². The third kappa shape index (κ3) is 3.79. The van der Waals surface area contributed by atoms with E-state index in [0.29, 0.717) is 32.1 Å². The topological polar surface area (TPSA) is 79.7 Å². The zero-order chi connectivity index (χ0) is 18.0. The van der Waals surface area contributed by atoms with Crippen molar-refractivity contribution in [1.29, 1.82) is 0 Å². The van der Waals surface area contributed by atoms with Gasteiger partial charge in [0, 0.05) is 32.4 Å². The molecule has 3 heterocycles. The smallest absolute Gasteiger partial charge is 0.271 e. The van der Waals surface area contributed by atoms with Crippen LogP contribution in [0.1, 0.15) is 32.6 Å². The molecule has 7 nitrogen and oxygen atoms in total. The number of nitrogens with zero attached hydrogens (tertiary/aromatic N) is 3. The van der Waals surface area contributed by atoms with Gasteiger partial charge < -0.3 is 9.47 Å². The van der Waals surface area contributed by atoms with Crippen LogP contribution in [-0.2, 0) is 21.4 Å². The molecular weight excluding hydrogens is 342 g/mol. The Bertz CT molecular complexity index is 788. The number of rotatable bonds is 4. The van der Waals surface area contributed by atoms with Crippen LogP contribution in [0.15, 0.2) is 28.0 Å². The molecule has 0 aliphatic carbocycles. The summed E-state index contributed by atoms with van der Waals surface area (Å²) in [6.07, 6.45) is 5.03. The molecule has 0 spiro atoms. The molecule has 1 aromatic rings. The predicted molar refractivity (Wildman–Crippen MR) is 93.7 cm³/mol. The van der Waals surface area contributed by atoms with Crippen molar-refractivity contribution in [3.8, 4) is 0 Å². The van der Waals surface area contributed by atoms with Crippen LogP contribution in [0.5, 0.6) is 0 Å². The molecule has 3 rings (SSSR count). The van der Waals surface area contributed by atoms with Crippen molar-refractivity contribution in [2.24, 2.45) is 5.92 Å². The van der Waals surface area contributed by atoms with E-state index in [1.54, 1.807) is 4.90 Å². The Kier molecular flexibility index (Phi) is 5.29. The molecule has 0 aromatic carbocycles. The maximum atomic E-state index is 12.6. The average Bonchev–Trinajstić information content (AvgIpc) is 3.12. The molecule has 0 bridgehead atoms. The Morgan fingerprint density at radius 1 is 1.16 bits per heavy atom. The second-order valence-electron chi connectivity index (χ2n) is 6.98. The number of piperidine rings is 1. The molecule has 8 heteroatoms. The number of likely N-dealkylation sites (tertiary alicyclic amines) is 1. The predicted octanol–water partition coefficient (Wildman–Crippen LogP) is 0.891. The van der Waals surface area contributed by atoms with Gasteiger partial charge >= 0.3 is 0 Å². The van der Waals surface area contributed by atoms with Crippen molar-refractivity contribution in [3.05, 3.63) is 28.7 Å². The molecule has 2 aliphatic heterocycles. The first kappa shape index (κ1) is 18.1. The molecule has 0 radical (unpaired) electrons. The molecule has 0 unspecified atom stereocenters. The molecule has 0 N–H and O–H groups in total. The van der Waals surface area contributed by atoms with Gasteiger partial charge in [0.15, 0.2) is 0 Å². The number of hydrogen-bond acceptors (Lipinski definition) is 4. The monoisotopic (exact) mass is 367 g/mol. The van der Waals surface area contributed by atoms with Gasteiger partial charge in [-0.25, -0.2) is 8.42 Å². The van der Waals surface area contributed by atoms with Crippen LogP contribution in [0.2, 0.25) is 0 Å². The summed E-state index contributed by atoms with van der Waals surface area (Å²) in [5.41, 5.74) is -0.617. The normalized spacial score (nSPS) is 20.1. The second kappa shape index (κ2) is 7.29. The average molecular weight is 367 g/mol. The summed E-state index contributed by atoms with van der Waals surface area (Å²) < 4.78 is 27.9. The first-order valence-corrected chi connectivity index (χ1v) is 10.3. The Labute approximate surface area is 148 Å². The van der Waals surface area contributed by atoms with E-state index in [-0.39, 0.29) is 17.3 Å². The quantitative estimate of drug-likeness (QED) is 0.792. The lowest BCUT2D eigenvalue weighted by molar-refractivity contribution is -0.133. The maximum absolute atomic E-state index is 12.6. The minimum absolute atomic E-state index is 0.115. The highest BCUT2D eigenvalue weighted by molar-refractivity contribution is 7.89. The summed E-state index contributed by atoms with van der Waals surface area (Å²) in [4.78, 5) is 26.6. The van der Waals surface area contributed by atoms with Crippen LogP contribution in [0.25, 0.3) is 0 Å². The number of hydrogen-bond donors (Lipinski definition) is 0. The van der Waals surface area contributed by atoms with Crippen molar-refractivity contribution in [2.75, 3.05) is 26.2 Å². The lowest BCUT2D eigenvalue weighted by Crippen LogP contribution is -2.42. The molecule has 2 aliphatic rings. The lowest BCUT2D eigenvalue weighted by atomic mass is 9.99. The third-order valence-corrected chi connectivity index (χ3v) is 7.02. The van der Waals surface area contributed by atoms with Gasteiger partial charge in [-0.15, -0.1) is 0 Å². The van der Waals surface area contributed by atoms with Crippen molar-refractivity contribution in [3.63, 3.8) is 0 Å². The van der Waals surface area contributed by atoms with E-state index < -0.39 is 15.6 Å². The maximum Gasteiger partial charge on any atom is 0.271 e. The number of pyridine rings is 1. The zero-order valence-corrected chi connectivity index (χ0v) is 15.4. The highest BCUT2D eigenvalue weighted by Gasteiger charge is 2.30. The van der Waals surface area contributed by atoms with Gasteiger partial charge in [0.25, 0.3) is 5.56 Å². The fourth-order valence-corrected chi connectivity index (χ4v) is 5.01. The van der Waals surface area contributed by atoms with E-state index in [9.17, 15) is 18.0 Å². The van der Waals surface area contributed by atoms with Crippen LogP contribution in [0.3, 0.4) is 0 Å². The Balaban J connectivity index is 1.79. The molecule has 138 valence electrons. The number of carbonyl (C=O) groups excluding carboxylic acids is 1. The Morgan fingerprint density at radius 2 is 1.80 bits per heavy atom. The van der Waals surface area contributed by atoms with Crippen molar-refractivity contribution < 1.29 is 13.2 Å². The number of sulfonamides is 1. The molecule has 0 atom stereocenters. The van der Waals surface area contributed by atoms with Crippen LogP contribution in [-0.4, -0.2) is 54.3 Å². The molecule has 2 fully saturated rings. The van der Waals surface area contributed by atoms with Crippen molar-refractivity contribution >= 4 is 15.9 Å². The van der Waals surface area contributed by atoms with Gasteiger partial charge in [0.1, 0.15) is 11.4 Å². The van der Waals surface area contributed by atoms with Gasteiger partial charge in [0.2, 0.25) is 15.9 Å². The minimum atomic E-state index is -3.78. The van der Waals surface area contributed by atoms with E-state index >= 15 is 0 Å². The molecule has 2 saturated heterocycles. The number of amides is 1.